The molecule has 0 bridgehead atoms. The fourth-order valence-electron chi connectivity index (χ4n) is 3.49. The number of hydrogen-bond acceptors (Lipinski definition) is 4. The van der Waals surface area contributed by atoms with Gasteiger partial charge in [0.2, 0.25) is 11.8 Å². The van der Waals surface area contributed by atoms with Gasteiger partial charge in [-0.25, -0.2) is 4.98 Å². The molecule has 1 aromatic heterocycles. The summed E-state index contributed by atoms with van der Waals surface area (Å²) in [6.45, 7) is 5.00. The summed E-state index contributed by atoms with van der Waals surface area (Å²) in [4.78, 5) is 30.8. The van der Waals surface area contributed by atoms with Crippen LogP contribution in [0.3, 0.4) is 0 Å². The van der Waals surface area contributed by atoms with Gasteiger partial charge < -0.3 is 10.2 Å². The number of hydrogen-bond donors (Lipinski definition) is 1. The minimum atomic E-state index is -0.00965. The minimum absolute atomic E-state index is 0.00342. The van der Waals surface area contributed by atoms with Crippen LogP contribution in [0.4, 0.5) is 11.4 Å². The lowest BCUT2D eigenvalue weighted by atomic mass is 9.90. The number of benzene rings is 1. The van der Waals surface area contributed by atoms with E-state index >= 15 is 0 Å². The molecule has 1 fully saturated rings. The van der Waals surface area contributed by atoms with Gasteiger partial charge in [0.1, 0.15) is 5.01 Å². The summed E-state index contributed by atoms with van der Waals surface area (Å²) in [6.07, 6.45) is 1.91. The monoisotopic (exact) mass is 355 g/mol. The maximum absolute atomic E-state index is 12.2. The second kappa shape index (κ2) is 6.26. The lowest BCUT2D eigenvalue weighted by molar-refractivity contribution is -0.117. The van der Waals surface area contributed by atoms with E-state index in [1.165, 1.54) is 0 Å². The summed E-state index contributed by atoms with van der Waals surface area (Å²) in [6, 6.07) is 5.96. The van der Waals surface area contributed by atoms with E-state index < -0.39 is 0 Å². The third-order valence-electron chi connectivity index (χ3n) is 4.89. The van der Waals surface area contributed by atoms with Gasteiger partial charge in [0.15, 0.2) is 0 Å². The number of aromatic nitrogens is 1. The summed E-state index contributed by atoms with van der Waals surface area (Å²) in [5.41, 5.74) is 3.83. The fourth-order valence-corrected chi connectivity index (χ4v) is 4.59. The number of anilines is 2. The SMILES string of the molecule is CC(C)c1csc(C2CC(=O)Nc3cc(N4CCCC4=O)ccc32)n1. The van der Waals surface area contributed by atoms with E-state index in [4.69, 9.17) is 4.98 Å². The molecule has 1 aromatic carbocycles. The molecule has 2 aliphatic heterocycles. The van der Waals surface area contributed by atoms with Gasteiger partial charge in [0.05, 0.1) is 5.69 Å². The Bertz CT molecular complexity index is 843. The molecule has 1 saturated heterocycles. The molecule has 6 heteroatoms. The maximum Gasteiger partial charge on any atom is 0.227 e. The van der Waals surface area contributed by atoms with E-state index in [0.29, 0.717) is 18.8 Å². The topological polar surface area (TPSA) is 62.3 Å². The van der Waals surface area contributed by atoms with Crippen LogP contribution in [0.25, 0.3) is 0 Å². The Morgan fingerprint density at radius 2 is 2.16 bits per heavy atom. The highest BCUT2D eigenvalue weighted by atomic mass is 32.1. The molecule has 130 valence electrons. The van der Waals surface area contributed by atoms with Crippen LogP contribution in [0.1, 0.15) is 61.2 Å². The molecule has 1 unspecified atom stereocenters. The van der Waals surface area contributed by atoms with Crippen molar-refractivity contribution in [2.75, 3.05) is 16.8 Å². The predicted octanol–water partition coefficient (Wildman–Crippen LogP) is 3.87. The Morgan fingerprint density at radius 1 is 1.32 bits per heavy atom. The van der Waals surface area contributed by atoms with Gasteiger partial charge in [-0.15, -0.1) is 11.3 Å². The lowest BCUT2D eigenvalue weighted by Gasteiger charge is -2.26. The molecule has 0 radical (unpaired) electrons. The van der Waals surface area contributed by atoms with Crippen LogP contribution in [0.2, 0.25) is 0 Å². The normalized spacial score (nSPS) is 20.1. The van der Waals surface area contributed by atoms with Gasteiger partial charge in [0.25, 0.3) is 0 Å². The van der Waals surface area contributed by atoms with Crippen molar-refractivity contribution in [2.24, 2.45) is 0 Å². The van der Waals surface area contributed by atoms with E-state index in [2.05, 4.69) is 24.5 Å². The first kappa shape index (κ1) is 16.3. The summed E-state index contributed by atoms with van der Waals surface area (Å²) >= 11 is 1.62. The van der Waals surface area contributed by atoms with Gasteiger partial charge >= 0.3 is 0 Å². The average molecular weight is 355 g/mol. The second-order valence-electron chi connectivity index (χ2n) is 6.99. The molecular weight excluding hydrogens is 334 g/mol. The zero-order valence-corrected chi connectivity index (χ0v) is 15.2. The van der Waals surface area contributed by atoms with E-state index in [9.17, 15) is 9.59 Å². The number of nitrogens with zero attached hydrogens (tertiary/aromatic N) is 2. The zero-order chi connectivity index (χ0) is 17.6. The molecule has 4 rings (SSSR count). The highest BCUT2D eigenvalue weighted by molar-refractivity contribution is 7.09. The Kier molecular flexibility index (Phi) is 4.07. The molecule has 2 amide bonds. The van der Waals surface area contributed by atoms with Crippen LogP contribution in [0, 0.1) is 0 Å². The largest absolute Gasteiger partial charge is 0.326 e. The van der Waals surface area contributed by atoms with Crippen LogP contribution < -0.4 is 10.2 Å². The maximum atomic E-state index is 12.2. The molecule has 1 N–H and O–H groups in total. The number of rotatable bonds is 3. The lowest BCUT2D eigenvalue weighted by Crippen LogP contribution is -2.26. The highest BCUT2D eigenvalue weighted by Crippen LogP contribution is 2.40. The smallest absolute Gasteiger partial charge is 0.227 e. The van der Waals surface area contributed by atoms with Crippen LogP contribution >= 0.6 is 11.3 Å². The predicted molar refractivity (Wildman–Crippen MR) is 99.3 cm³/mol. The number of carbonyl (C=O) groups excluding carboxylic acids is 2. The van der Waals surface area contributed by atoms with Crippen LogP contribution in [-0.2, 0) is 9.59 Å². The Hall–Kier alpha value is -2.21. The van der Waals surface area contributed by atoms with Gasteiger partial charge in [-0.3, -0.25) is 9.59 Å². The number of thiazole rings is 1. The molecule has 2 aromatic rings. The van der Waals surface area contributed by atoms with Gasteiger partial charge in [-0.2, -0.15) is 0 Å². The highest BCUT2D eigenvalue weighted by Gasteiger charge is 2.30. The van der Waals surface area contributed by atoms with Crippen molar-refractivity contribution in [1.82, 2.24) is 4.98 Å². The molecule has 2 aliphatic rings. The van der Waals surface area contributed by atoms with Crippen LogP contribution in [0.5, 0.6) is 0 Å². The van der Waals surface area contributed by atoms with E-state index in [-0.39, 0.29) is 17.7 Å². The van der Waals surface area contributed by atoms with E-state index in [1.807, 2.05) is 18.2 Å². The molecule has 25 heavy (non-hydrogen) atoms. The molecule has 5 nitrogen and oxygen atoms in total. The van der Waals surface area contributed by atoms with E-state index in [1.54, 1.807) is 16.2 Å². The Labute approximate surface area is 151 Å². The first-order valence-electron chi connectivity index (χ1n) is 8.72. The Morgan fingerprint density at radius 3 is 2.84 bits per heavy atom. The standard InChI is InChI=1S/C19H21N3O2S/c1-11(2)16-10-25-19(21-16)14-9-17(23)20-15-8-12(5-6-13(14)15)22-7-3-4-18(22)24/h5-6,8,10-11,14H,3-4,7,9H2,1-2H3,(H,20,23). The third-order valence-corrected chi connectivity index (χ3v) is 5.87. The summed E-state index contributed by atoms with van der Waals surface area (Å²) in [7, 11) is 0. The van der Waals surface area contributed by atoms with Crippen LogP contribution in [-0.4, -0.2) is 23.3 Å². The van der Waals surface area contributed by atoms with Crippen molar-refractivity contribution in [3.8, 4) is 0 Å². The van der Waals surface area contributed by atoms with Gasteiger partial charge in [-0.05, 0) is 30.0 Å². The minimum Gasteiger partial charge on any atom is -0.326 e. The van der Waals surface area contributed by atoms with Crippen LogP contribution in [0.15, 0.2) is 23.6 Å². The second-order valence-corrected chi connectivity index (χ2v) is 7.88. The summed E-state index contributed by atoms with van der Waals surface area (Å²) < 4.78 is 0. The number of carbonyl (C=O) groups is 2. The molecule has 3 heterocycles. The summed E-state index contributed by atoms with van der Waals surface area (Å²) in [5, 5.41) is 6.05. The number of amides is 2. The Balaban J connectivity index is 1.70. The summed E-state index contributed by atoms with van der Waals surface area (Å²) in [5.74, 6) is 0.527. The van der Waals surface area contributed by atoms with E-state index in [0.717, 1.165) is 40.6 Å². The molecule has 0 aliphatic carbocycles. The molecule has 1 atom stereocenters. The van der Waals surface area contributed by atoms with Crippen molar-refractivity contribution in [3.63, 3.8) is 0 Å². The first-order valence-corrected chi connectivity index (χ1v) is 9.60. The number of nitrogens with one attached hydrogen (secondary N) is 1. The fraction of sp³-hybridized carbons (Fsp3) is 0.421. The van der Waals surface area contributed by atoms with Crippen molar-refractivity contribution >= 4 is 34.5 Å². The average Bonchev–Trinajstić information content (AvgIpc) is 3.22. The van der Waals surface area contributed by atoms with Crippen molar-refractivity contribution in [1.29, 1.82) is 0 Å². The van der Waals surface area contributed by atoms with Crippen molar-refractivity contribution in [3.05, 3.63) is 39.8 Å². The molecule has 0 saturated carbocycles. The van der Waals surface area contributed by atoms with Crippen molar-refractivity contribution in [2.45, 2.75) is 44.9 Å². The zero-order valence-electron chi connectivity index (χ0n) is 14.4. The van der Waals surface area contributed by atoms with Crippen molar-refractivity contribution < 1.29 is 9.59 Å². The first-order chi connectivity index (χ1) is 12.0. The molecule has 0 spiro atoms. The van der Waals surface area contributed by atoms with Gasteiger partial charge in [-0.1, -0.05) is 19.9 Å². The third kappa shape index (κ3) is 2.95. The quantitative estimate of drug-likeness (QED) is 0.909. The molecular formula is C19H21N3O2S. The van der Waals surface area contributed by atoms with Gasteiger partial charge in [0, 0.05) is 42.1 Å². The number of fused-ring (bicyclic) bond motifs is 1.